The fraction of sp³-hybridized carbons (Fsp3) is 0.375. The van der Waals surface area contributed by atoms with Crippen molar-refractivity contribution in [3.05, 3.63) is 75.0 Å². The summed E-state index contributed by atoms with van der Waals surface area (Å²) >= 11 is 13.0. The van der Waals surface area contributed by atoms with Gasteiger partial charge in [-0.2, -0.15) is 0 Å². The maximum atomic E-state index is 15.6. The van der Waals surface area contributed by atoms with Gasteiger partial charge in [-0.15, -0.1) is 0 Å². The largest absolute Gasteiger partial charge is 0.488 e. The van der Waals surface area contributed by atoms with E-state index in [1.165, 1.54) is 4.90 Å². The molecule has 4 heterocycles. The number of anilines is 1. The number of para-hydroxylation sites is 1. The number of fused-ring (bicyclic) bond motifs is 3. The Morgan fingerprint density at radius 2 is 1.70 bits per heavy atom. The van der Waals surface area contributed by atoms with Crippen molar-refractivity contribution in [1.29, 1.82) is 0 Å². The number of morpholine rings is 1. The first-order chi connectivity index (χ1) is 21.3. The number of carbonyl (C=O) groups is 2. The summed E-state index contributed by atoms with van der Waals surface area (Å²) in [6.45, 7) is 2.14. The molecule has 44 heavy (non-hydrogen) atoms. The van der Waals surface area contributed by atoms with Crippen LogP contribution < -0.4 is 14.4 Å². The van der Waals surface area contributed by atoms with Gasteiger partial charge < -0.3 is 33.9 Å². The Morgan fingerprint density at radius 1 is 0.955 bits per heavy atom. The maximum Gasteiger partial charge on any atom is 0.337 e. The molecule has 1 amide bonds. The third-order valence-corrected chi connectivity index (χ3v) is 9.25. The van der Waals surface area contributed by atoms with Crippen molar-refractivity contribution in [3.8, 4) is 22.6 Å². The molecule has 12 heteroatoms. The van der Waals surface area contributed by atoms with Crippen molar-refractivity contribution in [2.75, 3.05) is 38.1 Å². The molecule has 3 saturated heterocycles. The van der Waals surface area contributed by atoms with Crippen LogP contribution in [0.2, 0.25) is 10.0 Å². The first-order valence-electron chi connectivity index (χ1n) is 14.5. The maximum absolute atomic E-state index is 15.6. The number of hydrogen-bond donors (Lipinski definition) is 1. The van der Waals surface area contributed by atoms with Gasteiger partial charge in [-0.3, -0.25) is 4.79 Å². The van der Waals surface area contributed by atoms with Crippen LogP contribution in [0.15, 0.2) is 42.5 Å². The number of carboxylic acids is 1. The fourth-order valence-corrected chi connectivity index (χ4v) is 7.20. The molecule has 0 aromatic heterocycles. The lowest BCUT2D eigenvalue weighted by atomic mass is 9.96. The molecule has 230 valence electrons. The van der Waals surface area contributed by atoms with E-state index in [0.29, 0.717) is 54.7 Å². The van der Waals surface area contributed by atoms with Crippen molar-refractivity contribution >= 4 is 40.8 Å². The second-order valence-electron chi connectivity index (χ2n) is 11.4. The zero-order valence-electron chi connectivity index (χ0n) is 23.6. The molecule has 3 fully saturated rings. The van der Waals surface area contributed by atoms with Gasteiger partial charge in [-0.25, -0.2) is 9.18 Å². The number of rotatable bonds is 6. The lowest BCUT2D eigenvalue weighted by Gasteiger charge is -2.37. The topological polar surface area (TPSA) is 97.8 Å². The Morgan fingerprint density at radius 3 is 2.39 bits per heavy atom. The minimum Gasteiger partial charge on any atom is -0.488 e. The molecule has 9 nitrogen and oxygen atoms in total. The van der Waals surface area contributed by atoms with Crippen molar-refractivity contribution < 1.29 is 38.0 Å². The average molecular weight is 643 g/mol. The van der Waals surface area contributed by atoms with Crippen LogP contribution in [-0.4, -0.2) is 73.2 Å². The summed E-state index contributed by atoms with van der Waals surface area (Å²) in [6, 6.07) is 11.2. The van der Waals surface area contributed by atoms with Gasteiger partial charge in [0.25, 0.3) is 5.91 Å². The Kier molecular flexibility index (Phi) is 7.78. The van der Waals surface area contributed by atoms with Gasteiger partial charge >= 0.3 is 5.97 Å². The van der Waals surface area contributed by atoms with Crippen LogP contribution in [0.4, 0.5) is 10.1 Å². The number of ether oxygens (including phenoxy) is 4. The van der Waals surface area contributed by atoms with Crippen molar-refractivity contribution in [2.45, 2.75) is 44.0 Å². The molecule has 1 N–H and O–H groups in total. The van der Waals surface area contributed by atoms with E-state index in [-0.39, 0.29) is 58.2 Å². The minimum absolute atomic E-state index is 0.0293. The summed E-state index contributed by atoms with van der Waals surface area (Å²) in [7, 11) is 0. The summed E-state index contributed by atoms with van der Waals surface area (Å²) in [5.41, 5.74) is 1.86. The van der Waals surface area contributed by atoms with E-state index in [1.54, 1.807) is 36.4 Å². The normalized spacial score (nSPS) is 22.5. The van der Waals surface area contributed by atoms with Crippen LogP contribution in [-0.2, 0) is 16.0 Å². The molecule has 0 spiro atoms. The smallest absolute Gasteiger partial charge is 0.337 e. The molecule has 0 saturated carbocycles. The standard InChI is InChI=1S/C32H29Cl2FN2O7/c33-25-8-21(44-20-6-7-41-15-20)9-26(34)29(25)31(38)36-12-17-2-1-3-22(30(17)43-16-36)23-11-28(24(32(39)40)10-27(23)35)37-18-4-5-19(37)14-42-13-18/h1-3,8-11,18-20H,4-7,12-16H2,(H,39,40)/t18?,19?,20-/m0/s1. The molecule has 7 rings (SSSR count). The van der Waals surface area contributed by atoms with E-state index >= 15 is 4.39 Å². The zero-order valence-corrected chi connectivity index (χ0v) is 25.1. The van der Waals surface area contributed by atoms with Gasteiger partial charge in [-0.05, 0) is 37.1 Å². The Balaban J connectivity index is 1.18. The monoisotopic (exact) mass is 642 g/mol. The van der Waals surface area contributed by atoms with Crippen LogP contribution in [0, 0.1) is 5.82 Å². The first-order valence-corrected chi connectivity index (χ1v) is 15.2. The van der Waals surface area contributed by atoms with Crippen molar-refractivity contribution in [3.63, 3.8) is 0 Å². The summed E-state index contributed by atoms with van der Waals surface area (Å²) in [5, 5.41) is 10.3. The van der Waals surface area contributed by atoms with E-state index < -0.39 is 17.7 Å². The van der Waals surface area contributed by atoms with Crippen LogP contribution in [0.25, 0.3) is 11.1 Å². The highest BCUT2D eigenvalue weighted by atomic mass is 35.5. The molecule has 4 aliphatic rings. The second kappa shape index (κ2) is 11.7. The molecule has 0 aliphatic carbocycles. The highest BCUT2D eigenvalue weighted by Gasteiger charge is 2.40. The van der Waals surface area contributed by atoms with Gasteiger partial charge in [-0.1, -0.05) is 41.4 Å². The molecule has 2 bridgehead atoms. The third-order valence-electron chi connectivity index (χ3n) is 8.65. The van der Waals surface area contributed by atoms with Gasteiger partial charge in [0, 0.05) is 23.1 Å². The van der Waals surface area contributed by atoms with Gasteiger partial charge in [0.1, 0.15) is 23.4 Å². The van der Waals surface area contributed by atoms with Crippen molar-refractivity contribution in [2.24, 2.45) is 0 Å². The number of halogens is 3. The summed E-state index contributed by atoms with van der Waals surface area (Å²) in [5.74, 6) is -1.41. The Hall–Kier alpha value is -3.57. The number of carbonyl (C=O) groups excluding carboxylic acids is 1. The van der Waals surface area contributed by atoms with Crippen LogP contribution in [0.5, 0.6) is 11.5 Å². The van der Waals surface area contributed by atoms with Crippen molar-refractivity contribution in [1.82, 2.24) is 4.90 Å². The Bertz CT molecular complexity index is 1610. The number of nitrogens with zero attached hydrogens (tertiary/aromatic N) is 2. The van der Waals surface area contributed by atoms with E-state index in [4.69, 9.17) is 42.1 Å². The summed E-state index contributed by atoms with van der Waals surface area (Å²) < 4.78 is 38.6. The van der Waals surface area contributed by atoms with Gasteiger partial charge in [0.15, 0.2) is 6.73 Å². The third kappa shape index (κ3) is 5.23. The number of carboxylic acid groups (broad SMARTS) is 1. The minimum atomic E-state index is -1.19. The molecule has 3 atom stereocenters. The van der Waals surface area contributed by atoms with E-state index in [9.17, 15) is 14.7 Å². The number of hydrogen-bond acceptors (Lipinski definition) is 7. The van der Waals surface area contributed by atoms with E-state index in [2.05, 4.69) is 4.90 Å². The van der Waals surface area contributed by atoms with Crippen LogP contribution in [0.3, 0.4) is 0 Å². The van der Waals surface area contributed by atoms with Crippen LogP contribution >= 0.6 is 23.2 Å². The van der Waals surface area contributed by atoms with Gasteiger partial charge in [0.05, 0.1) is 71.9 Å². The molecular weight excluding hydrogens is 614 g/mol. The predicted molar refractivity (Wildman–Crippen MR) is 161 cm³/mol. The van der Waals surface area contributed by atoms with E-state index in [0.717, 1.165) is 25.3 Å². The summed E-state index contributed by atoms with van der Waals surface area (Å²) in [4.78, 5) is 29.3. The Labute approximate surface area is 262 Å². The fourth-order valence-electron chi connectivity index (χ4n) is 6.57. The SMILES string of the molecule is O=C(O)c1cc(F)c(-c2cccc3c2OCN(C(=O)c2c(Cl)cc(O[C@H]4CCOC4)cc2Cl)C3)cc1N1C2CCC1COC2. The highest BCUT2D eigenvalue weighted by Crippen LogP contribution is 2.43. The number of benzene rings is 3. The first kappa shape index (κ1) is 29.2. The molecule has 3 aromatic carbocycles. The molecule has 0 radical (unpaired) electrons. The quantitative estimate of drug-likeness (QED) is 0.348. The number of amides is 1. The number of aromatic carboxylic acids is 1. The van der Waals surface area contributed by atoms with Gasteiger partial charge in [0.2, 0.25) is 0 Å². The average Bonchev–Trinajstić information content (AvgIpc) is 3.60. The lowest BCUT2D eigenvalue weighted by Crippen LogP contribution is -2.46. The highest BCUT2D eigenvalue weighted by molar-refractivity contribution is 6.39. The zero-order chi connectivity index (χ0) is 30.5. The van der Waals surface area contributed by atoms with E-state index in [1.807, 2.05) is 0 Å². The predicted octanol–water partition coefficient (Wildman–Crippen LogP) is 6.03. The summed E-state index contributed by atoms with van der Waals surface area (Å²) in [6.07, 6.45) is 2.41. The van der Waals surface area contributed by atoms with Crippen LogP contribution in [0.1, 0.15) is 45.5 Å². The molecule has 4 aliphatic heterocycles. The molecule has 2 unspecified atom stereocenters. The molecular formula is C32H29Cl2FN2O7. The lowest BCUT2D eigenvalue weighted by molar-refractivity contribution is 0.0516. The molecule has 3 aromatic rings. The second-order valence-corrected chi connectivity index (χ2v) is 12.2.